The predicted molar refractivity (Wildman–Crippen MR) is 93.8 cm³/mol. The van der Waals surface area contributed by atoms with Gasteiger partial charge in [-0.2, -0.15) is 0 Å². The standard InChI is InChI=1S/C18H22N2O3S/c1-10-11(2)24-17(20-10)9-19-18(21)15-8-13(15)14-7-12(22-3)5-6-16(14)23-4/h5-7,13,15H,8-9H2,1-4H3,(H,19,21). The van der Waals surface area contributed by atoms with Crippen molar-refractivity contribution in [2.45, 2.75) is 32.7 Å². The summed E-state index contributed by atoms with van der Waals surface area (Å²) in [5.74, 6) is 1.85. The maximum absolute atomic E-state index is 12.4. The summed E-state index contributed by atoms with van der Waals surface area (Å²) in [4.78, 5) is 18.1. The van der Waals surface area contributed by atoms with Crippen molar-refractivity contribution in [2.24, 2.45) is 5.92 Å². The van der Waals surface area contributed by atoms with Crippen LogP contribution in [-0.2, 0) is 11.3 Å². The molecule has 1 aromatic carbocycles. The van der Waals surface area contributed by atoms with Crippen molar-refractivity contribution in [3.05, 3.63) is 39.3 Å². The van der Waals surface area contributed by atoms with Crippen LogP contribution < -0.4 is 14.8 Å². The lowest BCUT2D eigenvalue weighted by Crippen LogP contribution is -2.24. The number of nitrogens with zero attached hydrogens (tertiary/aromatic N) is 1. The summed E-state index contributed by atoms with van der Waals surface area (Å²) in [5, 5.41) is 3.96. The van der Waals surface area contributed by atoms with Crippen molar-refractivity contribution in [3.63, 3.8) is 0 Å². The molecule has 5 nitrogen and oxygen atoms in total. The lowest BCUT2D eigenvalue weighted by atomic mass is 10.1. The topological polar surface area (TPSA) is 60.5 Å². The van der Waals surface area contributed by atoms with Crippen LogP contribution in [0.15, 0.2) is 18.2 Å². The maximum Gasteiger partial charge on any atom is 0.224 e. The number of carbonyl (C=O) groups excluding carboxylic acids is 1. The number of benzene rings is 1. The maximum atomic E-state index is 12.4. The number of ether oxygens (including phenoxy) is 2. The molecule has 1 N–H and O–H groups in total. The quantitative estimate of drug-likeness (QED) is 0.872. The minimum absolute atomic E-state index is 0.00633. The smallest absolute Gasteiger partial charge is 0.224 e. The molecular weight excluding hydrogens is 324 g/mol. The van der Waals surface area contributed by atoms with Crippen LogP contribution in [0.3, 0.4) is 0 Å². The highest BCUT2D eigenvalue weighted by Crippen LogP contribution is 2.51. The Morgan fingerprint density at radius 3 is 2.75 bits per heavy atom. The summed E-state index contributed by atoms with van der Waals surface area (Å²) in [6.45, 7) is 4.53. The average molecular weight is 346 g/mol. The number of hydrogen-bond donors (Lipinski definition) is 1. The molecule has 1 aromatic heterocycles. The Hall–Kier alpha value is -2.08. The van der Waals surface area contributed by atoms with Gasteiger partial charge < -0.3 is 14.8 Å². The first-order valence-corrected chi connectivity index (χ1v) is 8.77. The van der Waals surface area contributed by atoms with Crippen LogP contribution >= 0.6 is 11.3 Å². The number of aromatic nitrogens is 1. The fraction of sp³-hybridized carbons (Fsp3) is 0.444. The van der Waals surface area contributed by atoms with Crippen molar-refractivity contribution in [1.29, 1.82) is 0 Å². The van der Waals surface area contributed by atoms with Gasteiger partial charge in [0.2, 0.25) is 5.91 Å². The molecule has 1 aliphatic carbocycles. The van der Waals surface area contributed by atoms with Gasteiger partial charge in [0, 0.05) is 22.3 Å². The van der Waals surface area contributed by atoms with Gasteiger partial charge in [-0.1, -0.05) is 0 Å². The van der Waals surface area contributed by atoms with Crippen molar-refractivity contribution in [1.82, 2.24) is 10.3 Å². The van der Waals surface area contributed by atoms with Gasteiger partial charge in [0.1, 0.15) is 16.5 Å². The number of nitrogens with one attached hydrogen (secondary N) is 1. The molecule has 1 heterocycles. The minimum Gasteiger partial charge on any atom is -0.497 e. The molecule has 128 valence electrons. The second-order valence-corrected chi connectivity index (χ2v) is 7.31. The SMILES string of the molecule is COc1ccc(OC)c(C2CC2C(=O)NCc2nc(C)c(C)s2)c1. The van der Waals surface area contributed by atoms with Gasteiger partial charge in [-0.15, -0.1) is 11.3 Å². The minimum atomic E-state index is -0.00633. The molecule has 24 heavy (non-hydrogen) atoms. The highest BCUT2D eigenvalue weighted by Gasteiger charge is 2.45. The summed E-state index contributed by atoms with van der Waals surface area (Å²) >= 11 is 1.63. The molecule has 0 spiro atoms. The second kappa shape index (κ2) is 6.81. The van der Waals surface area contributed by atoms with E-state index in [0.29, 0.717) is 6.54 Å². The number of amides is 1. The largest absolute Gasteiger partial charge is 0.497 e. The first kappa shape index (κ1) is 16.8. The van der Waals surface area contributed by atoms with Gasteiger partial charge in [-0.05, 0) is 38.5 Å². The number of hydrogen-bond acceptors (Lipinski definition) is 5. The molecule has 0 bridgehead atoms. The van der Waals surface area contributed by atoms with E-state index in [1.807, 2.05) is 32.0 Å². The Kier molecular flexibility index (Phi) is 4.76. The fourth-order valence-electron chi connectivity index (χ4n) is 2.87. The van der Waals surface area contributed by atoms with Gasteiger partial charge in [0.15, 0.2) is 0 Å². The summed E-state index contributed by atoms with van der Waals surface area (Å²) < 4.78 is 10.7. The zero-order chi connectivity index (χ0) is 17.3. The van der Waals surface area contributed by atoms with Crippen LogP contribution in [-0.4, -0.2) is 25.1 Å². The van der Waals surface area contributed by atoms with Crippen molar-refractivity contribution < 1.29 is 14.3 Å². The van der Waals surface area contributed by atoms with E-state index < -0.39 is 0 Å². The van der Waals surface area contributed by atoms with Crippen LogP contribution in [0.1, 0.15) is 33.5 Å². The normalized spacial score (nSPS) is 19.0. The number of rotatable bonds is 6. The van der Waals surface area contributed by atoms with Crippen molar-refractivity contribution >= 4 is 17.2 Å². The molecule has 3 rings (SSSR count). The van der Waals surface area contributed by atoms with Gasteiger partial charge >= 0.3 is 0 Å². The van der Waals surface area contributed by atoms with E-state index in [1.54, 1.807) is 25.6 Å². The fourth-order valence-corrected chi connectivity index (χ4v) is 3.74. The summed E-state index contributed by atoms with van der Waals surface area (Å²) in [7, 11) is 3.29. The van der Waals surface area contributed by atoms with E-state index in [4.69, 9.17) is 9.47 Å². The monoisotopic (exact) mass is 346 g/mol. The molecule has 2 aromatic rings. The van der Waals surface area contributed by atoms with E-state index in [2.05, 4.69) is 10.3 Å². The summed E-state index contributed by atoms with van der Waals surface area (Å²) in [6.07, 6.45) is 0.839. The lowest BCUT2D eigenvalue weighted by molar-refractivity contribution is -0.122. The van der Waals surface area contributed by atoms with E-state index >= 15 is 0 Å². The van der Waals surface area contributed by atoms with E-state index in [1.165, 1.54) is 4.88 Å². The Morgan fingerprint density at radius 1 is 1.33 bits per heavy atom. The molecule has 2 unspecified atom stereocenters. The molecule has 1 amide bonds. The van der Waals surface area contributed by atoms with Crippen LogP contribution in [0.2, 0.25) is 0 Å². The number of methoxy groups -OCH3 is 2. The van der Waals surface area contributed by atoms with Crippen LogP contribution in [0.5, 0.6) is 11.5 Å². The third kappa shape index (κ3) is 3.38. The molecular formula is C18H22N2O3S. The summed E-state index contributed by atoms with van der Waals surface area (Å²) in [5.41, 5.74) is 2.08. The van der Waals surface area contributed by atoms with Crippen molar-refractivity contribution in [2.75, 3.05) is 14.2 Å². The predicted octanol–water partition coefficient (Wildman–Crippen LogP) is 3.20. The van der Waals surface area contributed by atoms with E-state index in [-0.39, 0.29) is 17.7 Å². The van der Waals surface area contributed by atoms with E-state index in [9.17, 15) is 4.79 Å². The first-order valence-electron chi connectivity index (χ1n) is 7.96. The molecule has 1 saturated carbocycles. The number of aryl methyl sites for hydroxylation is 2. The first-order chi connectivity index (χ1) is 11.5. The second-order valence-electron chi connectivity index (χ2n) is 6.02. The number of thiazole rings is 1. The highest BCUT2D eigenvalue weighted by molar-refractivity contribution is 7.11. The van der Waals surface area contributed by atoms with Crippen LogP contribution in [0, 0.1) is 19.8 Å². The Bertz CT molecular complexity index is 737. The molecule has 6 heteroatoms. The molecule has 2 atom stereocenters. The zero-order valence-corrected chi connectivity index (χ0v) is 15.2. The molecule has 1 aliphatic rings. The lowest BCUT2D eigenvalue weighted by Gasteiger charge is -2.10. The van der Waals surface area contributed by atoms with Gasteiger partial charge in [-0.3, -0.25) is 4.79 Å². The average Bonchev–Trinajstić information content (AvgIpc) is 3.32. The molecule has 0 radical (unpaired) electrons. The highest BCUT2D eigenvalue weighted by atomic mass is 32.1. The Morgan fingerprint density at radius 2 is 2.12 bits per heavy atom. The Labute approximate surface area is 146 Å². The Balaban J connectivity index is 1.63. The summed E-state index contributed by atoms with van der Waals surface area (Å²) in [6, 6.07) is 5.72. The molecule has 1 fully saturated rings. The van der Waals surface area contributed by atoms with E-state index in [0.717, 1.165) is 34.2 Å². The van der Waals surface area contributed by atoms with Crippen LogP contribution in [0.4, 0.5) is 0 Å². The van der Waals surface area contributed by atoms with Gasteiger partial charge in [0.05, 0.1) is 26.5 Å². The third-order valence-corrected chi connectivity index (χ3v) is 5.52. The third-order valence-electron chi connectivity index (χ3n) is 4.45. The van der Waals surface area contributed by atoms with Crippen LogP contribution in [0.25, 0.3) is 0 Å². The van der Waals surface area contributed by atoms with Gasteiger partial charge in [-0.25, -0.2) is 4.98 Å². The van der Waals surface area contributed by atoms with Crippen molar-refractivity contribution in [3.8, 4) is 11.5 Å². The van der Waals surface area contributed by atoms with Gasteiger partial charge in [0.25, 0.3) is 0 Å². The number of carbonyl (C=O) groups is 1. The molecule has 0 saturated heterocycles. The zero-order valence-electron chi connectivity index (χ0n) is 14.4. The molecule has 0 aliphatic heterocycles.